The molecule has 1 rings (SSSR count). The highest BCUT2D eigenvalue weighted by Gasteiger charge is 2.13. The normalized spacial score (nSPS) is 12.6. The molecule has 0 aromatic heterocycles. The largest absolute Gasteiger partial charge is 0.385 e. The molecule has 96 valence electrons. The van der Waals surface area contributed by atoms with E-state index < -0.39 is 0 Å². The molecule has 0 saturated heterocycles. The zero-order chi connectivity index (χ0) is 13.1. The summed E-state index contributed by atoms with van der Waals surface area (Å²) in [5.41, 5.74) is 3.25. The van der Waals surface area contributed by atoms with Gasteiger partial charge in [0.2, 0.25) is 0 Å². The fraction of sp³-hybridized carbons (Fsp3) is 0.625. The Hall–Kier alpha value is -0.980. The van der Waals surface area contributed by atoms with Gasteiger partial charge in [-0.2, -0.15) is 0 Å². The van der Waals surface area contributed by atoms with Crippen molar-refractivity contribution in [3.63, 3.8) is 0 Å². The van der Waals surface area contributed by atoms with Gasteiger partial charge in [-0.1, -0.05) is 53.7 Å². The van der Waals surface area contributed by atoms with Crippen LogP contribution in [-0.2, 0) is 5.41 Å². The summed E-state index contributed by atoms with van der Waals surface area (Å²) in [6.45, 7) is 14.6. The SMILES string of the molecule is CC(C)(C)CCNc1ccc(C(C)(C)C)cc1. The highest BCUT2D eigenvalue weighted by molar-refractivity contribution is 5.45. The van der Waals surface area contributed by atoms with Gasteiger partial charge in [0, 0.05) is 12.2 Å². The van der Waals surface area contributed by atoms with Crippen molar-refractivity contribution >= 4 is 5.69 Å². The van der Waals surface area contributed by atoms with E-state index in [4.69, 9.17) is 0 Å². The van der Waals surface area contributed by atoms with Crippen molar-refractivity contribution in [2.45, 2.75) is 53.4 Å². The van der Waals surface area contributed by atoms with Gasteiger partial charge in [-0.25, -0.2) is 0 Å². The molecule has 0 amide bonds. The Morgan fingerprint density at radius 2 is 1.41 bits per heavy atom. The van der Waals surface area contributed by atoms with Crippen LogP contribution in [0.4, 0.5) is 5.69 Å². The van der Waals surface area contributed by atoms with E-state index in [0.29, 0.717) is 5.41 Å². The second-order valence-corrected chi connectivity index (χ2v) is 7.06. The molecule has 0 heterocycles. The Morgan fingerprint density at radius 1 is 0.882 bits per heavy atom. The molecule has 0 aliphatic carbocycles. The van der Waals surface area contributed by atoms with E-state index in [1.807, 2.05) is 0 Å². The Labute approximate surface area is 107 Å². The fourth-order valence-electron chi connectivity index (χ4n) is 1.67. The second-order valence-electron chi connectivity index (χ2n) is 7.06. The summed E-state index contributed by atoms with van der Waals surface area (Å²) in [4.78, 5) is 0. The quantitative estimate of drug-likeness (QED) is 0.788. The van der Waals surface area contributed by atoms with E-state index in [-0.39, 0.29) is 5.41 Å². The average molecular weight is 233 g/mol. The first-order valence-electron chi connectivity index (χ1n) is 6.53. The van der Waals surface area contributed by atoms with Crippen molar-refractivity contribution in [3.05, 3.63) is 29.8 Å². The minimum absolute atomic E-state index is 0.240. The van der Waals surface area contributed by atoms with Crippen molar-refractivity contribution < 1.29 is 0 Å². The first-order valence-corrected chi connectivity index (χ1v) is 6.53. The summed E-state index contributed by atoms with van der Waals surface area (Å²) < 4.78 is 0. The van der Waals surface area contributed by atoms with Crippen LogP contribution < -0.4 is 5.32 Å². The molecule has 1 N–H and O–H groups in total. The lowest BCUT2D eigenvalue weighted by Gasteiger charge is -2.20. The number of benzene rings is 1. The topological polar surface area (TPSA) is 12.0 Å². The summed E-state index contributed by atoms with van der Waals surface area (Å²) in [5.74, 6) is 0. The van der Waals surface area contributed by atoms with Crippen LogP contribution in [0.5, 0.6) is 0 Å². The van der Waals surface area contributed by atoms with Crippen LogP contribution >= 0.6 is 0 Å². The molecule has 1 nitrogen and oxygen atoms in total. The van der Waals surface area contributed by atoms with Crippen molar-refractivity contribution in [1.29, 1.82) is 0 Å². The first-order chi connectivity index (χ1) is 7.68. The van der Waals surface area contributed by atoms with Crippen LogP contribution in [0, 0.1) is 5.41 Å². The average Bonchev–Trinajstić information content (AvgIpc) is 2.15. The highest BCUT2D eigenvalue weighted by Crippen LogP contribution is 2.24. The lowest BCUT2D eigenvalue weighted by atomic mass is 9.87. The zero-order valence-corrected chi connectivity index (χ0v) is 12.2. The van der Waals surface area contributed by atoms with Gasteiger partial charge in [-0.15, -0.1) is 0 Å². The van der Waals surface area contributed by atoms with Gasteiger partial charge in [0.1, 0.15) is 0 Å². The first kappa shape index (κ1) is 14.1. The van der Waals surface area contributed by atoms with Crippen LogP contribution in [0.25, 0.3) is 0 Å². The van der Waals surface area contributed by atoms with Crippen molar-refractivity contribution in [3.8, 4) is 0 Å². The minimum Gasteiger partial charge on any atom is -0.385 e. The van der Waals surface area contributed by atoms with Crippen molar-refractivity contribution in [1.82, 2.24) is 0 Å². The van der Waals surface area contributed by atoms with Crippen LogP contribution in [0.15, 0.2) is 24.3 Å². The lowest BCUT2D eigenvalue weighted by molar-refractivity contribution is 0.390. The molecule has 0 fully saturated rings. The maximum Gasteiger partial charge on any atom is 0.0340 e. The Kier molecular flexibility index (Phi) is 4.24. The minimum atomic E-state index is 0.240. The van der Waals surface area contributed by atoms with Crippen LogP contribution in [-0.4, -0.2) is 6.54 Å². The van der Waals surface area contributed by atoms with E-state index in [9.17, 15) is 0 Å². The number of hydrogen-bond donors (Lipinski definition) is 1. The van der Waals surface area contributed by atoms with Gasteiger partial charge in [0.25, 0.3) is 0 Å². The summed E-state index contributed by atoms with van der Waals surface area (Å²) in [7, 11) is 0. The predicted octanol–water partition coefficient (Wildman–Crippen LogP) is 4.83. The monoisotopic (exact) mass is 233 g/mol. The fourth-order valence-corrected chi connectivity index (χ4v) is 1.67. The predicted molar refractivity (Wildman–Crippen MR) is 77.7 cm³/mol. The van der Waals surface area contributed by atoms with Gasteiger partial charge < -0.3 is 5.32 Å². The van der Waals surface area contributed by atoms with Gasteiger partial charge in [0.15, 0.2) is 0 Å². The van der Waals surface area contributed by atoms with E-state index in [1.54, 1.807) is 0 Å². The Balaban J connectivity index is 2.52. The Morgan fingerprint density at radius 3 is 1.82 bits per heavy atom. The molecule has 1 aromatic carbocycles. The van der Waals surface area contributed by atoms with Gasteiger partial charge in [-0.05, 0) is 34.9 Å². The number of hydrogen-bond acceptors (Lipinski definition) is 1. The van der Waals surface area contributed by atoms with Gasteiger partial charge in [-0.3, -0.25) is 0 Å². The smallest absolute Gasteiger partial charge is 0.0340 e. The van der Waals surface area contributed by atoms with Gasteiger partial charge in [0.05, 0.1) is 0 Å². The summed E-state index contributed by atoms with van der Waals surface area (Å²) in [5, 5.41) is 3.48. The zero-order valence-electron chi connectivity index (χ0n) is 12.2. The third-order valence-corrected chi connectivity index (χ3v) is 2.96. The molecule has 0 unspecified atom stereocenters. The molecule has 0 bridgehead atoms. The lowest BCUT2D eigenvalue weighted by Crippen LogP contribution is -2.13. The van der Waals surface area contributed by atoms with Crippen LogP contribution in [0.2, 0.25) is 0 Å². The Bertz CT molecular complexity index is 335. The number of anilines is 1. The number of nitrogens with one attached hydrogen (secondary N) is 1. The molecular formula is C16H27N. The molecule has 0 saturated carbocycles. The van der Waals surface area contributed by atoms with Crippen molar-refractivity contribution in [2.75, 3.05) is 11.9 Å². The van der Waals surface area contributed by atoms with Crippen molar-refractivity contribution in [2.24, 2.45) is 5.41 Å². The maximum atomic E-state index is 3.48. The molecule has 0 aliphatic heterocycles. The summed E-state index contributed by atoms with van der Waals surface area (Å²) in [6, 6.07) is 8.81. The molecule has 17 heavy (non-hydrogen) atoms. The summed E-state index contributed by atoms with van der Waals surface area (Å²) in [6.07, 6.45) is 1.19. The van der Waals surface area contributed by atoms with E-state index in [2.05, 4.69) is 71.1 Å². The van der Waals surface area contributed by atoms with E-state index in [1.165, 1.54) is 17.7 Å². The second kappa shape index (κ2) is 5.12. The molecule has 0 aliphatic rings. The molecule has 0 spiro atoms. The molecule has 0 atom stereocenters. The molecule has 1 heteroatoms. The van der Waals surface area contributed by atoms with Crippen LogP contribution in [0.3, 0.4) is 0 Å². The van der Waals surface area contributed by atoms with E-state index >= 15 is 0 Å². The van der Waals surface area contributed by atoms with Gasteiger partial charge >= 0.3 is 0 Å². The third-order valence-electron chi connectivity index (χ3n) is 2.96. The highest BCUT2D eigenvalue weighted by atomic mass is 14.9. The molecule has 1 aromatic rings. The maximum absolute atomic E-state index is 3.48. The molecular weight excluding hydrogens is 206 g/mol. The standard InChI is InChI=1S/C16H27N/c1-15(2,3)11-12-17-14-9-7-13(8-10-14)16(4,5)6/h7-10,17H,11-12H2,1-6H3. The molecule has 0 radical (unpaired) electrons. The third kappa shape index (κ3) is 5.25. The number of rotatable bonds is 3. The van der Waals surface area contributed by atoms with Crippen LogP contribution in [0.1, 0.15) is 53.5 Å². The summed E-state index contributed by atoms with van der Waals surface area (Å²) >= 11 is 0. The van der Waals surface area contributed by atoms with E-state index in [0.717, 1.165) is 6.54 Å².